The summed E-state index contributed by atoms with van der Waals surface area (Å²) in [4.78, 5) is 18.8. The van der Waals surface area contributed by atoms with Crippen molar-refractivity contribution in [2.45, 2.75) is 63.6 Å². The molecule has 1 amide bonds. The maximum Gasteiger partial charge on any atom is 0.227 e. The number of amides is 1. The van der Waals surface area contributed by atoms with Crippen molar-refractivity contribution in [1.82, 2.24) is 14.4 Å². The quantitative estimate of drug-likeness (QED) is 0.643. The minimum atomic E-state index is 0.305. The Hall–Kier alpha value is -2.11. The van der Waals surface area contributed by atoms with Crippen LogP contribution in [0.25, 0.3) is 10.9 Å². The number of nitrogens with zero attached hydrogens (tertiary/aromatic N) is 3. The molecule has 1 aliphatic carbocycles. The summed E-state index contributed by atoms with van der Waals surface area (Å²) in [5.41, 5.74) is 3.92. The molecule has 3 fully saturated rings. The molecular weight excluding hydrogens is 410 g/mol. The normalized spacial score (nSPS) is 29.5. The fourth-order valence-electron chi connectivity index (χ4n) is 7.36. The maximum absolute atomic E-state index is 13.8. The number of ether oxygens (including phenoxy) is 1. The van der Waals surface area contributed by atoms with E-state index < -0.39 is 0 Å². The first-order valence-corrected chi connectivity index (χ1v) is 13.0. The molecule has 4 atom stereocenters. The first-order chi connectivity index (χ1) is 16.2. The Morgan fingerprint density at radius 1 is 1.15 bits per heavy atom. The molecule has 4 unspecified atom stereocenters. The Labute approximate surface area is 197 Å². The molecule has 3 aliphatic heterocycles. The molecule has 1 aromatic carbocycles. The molecule has 176 valence electrons. The van der Waals surface area contributed by atoms with E-state index in [0.29, 0.717) is 36.8 Å². The van der Waals surface area contributed by atoms with Crippen LogP contribution in [-0.2, 0) is 22.5 Å². The molecule has 5 nitrogen and oxygen atoms in total. The molecule has 33 heavy (non-hydrogen) atoms. The van der Waals surface area contributed by atoms with Gasteiger partial charge in [0.15, 0.2) is 0 Å². The lowest BCUT2D eigenvalue weighted by atomic mass is 9.68. The Kier molecular flexibility index (Phi) is 5.79. The van der Waals surface area contributed by atoms with Crippen molar-refractivity contribution in [2.75, 3.05) is 33.4 Å². The third kappa shape index (κ3) is 3.83. The number of fused-ring (bicyclic) bond motifs is 7. The highest BCUT2D eigenvalue weighted by molar-refractivity contribution is 5.89. The molecule has 2 bridgehead atoms. The molecule has 4 heterocycles. The molecule has 6 rings (SSSR count). The van der Waals surface area contributed by atoms with Crippen molar-refractivity contribution in [3.63, 3.8) is 0 Å². The second-order valence-corrected chi connectivity index (χ2v) is 10.6. The summed E-state index contributed by atoms with van der Waals surface area (Å²) in [5, 5.41) is 1.20. The van der Waals surface area contributed by atoms with Crippen LogP contribution >= 0.6 is 0 Å². The van der Waals surface area contributed by atoms with Crippen molar-refractivity contribution in [3.05, 3.63) is 47.7 Å². The van der Waals surface area contributed by atoms with Crippen molar-refractivity contribution in [3.8, 4) is 0 Å². The van der Waals surface area contributed by atoms with Crippen LogP contribution < -0.4 is 0 Å². The van der Waals surface area contributed by atoms with Gasteiger partial charge in [-0.1, -0.05) is 36.3 Å². The number of benzene rings is 1. The second kappa shape index (κ2) is 8.92. The number of para-hydroxylation sites is 1. The SMILES string of the molecule is COCCn1cc(CC(=O)N2CCCC3=CC4CC(CN5CCCCC45)C32)c2ccccc21. The molecule has 1 aromatic heterocycles. The molecular formula is C28H37N3O2. The van der Waals surface area contributed by atoms with Gasteiger partial charge in [-0.15, -0.1) is 0 Å². The monoisotopic (exact) mass is 447 g/mol. The van der Waals surface area contributed by atoms with Crippen LogP contribution in [0.1, 0.15) is 44.1 Å². The van der Waals surface area contributed by atoms with Crippen LogP contribution in [0.2, 0.25) is 0 Å². The van der Waals surface area contributed by atoms with Crippen LogP contribution in [0.3, 0.4) is 0 Å². The minimum Gasteiger partial charge on any atom is -0.383 e. The number of rotatable bonds is 5. The number of carbonyl (C=O) groups is 1. The molecule has 5 heteroatoms. The van der Waals surface area contributed by atoms with E-state index in [-0.39, 0.29) is 0 Å². The maximum atomic E-state index is 13.8. The summed E-state index contributed by atoms with van der Waals surface area (Å²) >= 11 is 0. The summed E-state index contributed by atoms with van der Waals surface area (Å²) in [5.74, 6) is 1.63. The molecule has 0 N–H and O–H groups in total. The van der Waals surface area contributed by atoms with Crippen molar-refractivity contribution < 1.29 is 9.53 Å². The van der Waals surface area contributed by atoms with E-state index >= 15 is 0 Å². The first-order valence-electron chi connectivity index (χ1n) is 13.0. The van der Waals surface area contributed by atoms with Gasteiger partial charge in [-0.3, -0.25) is 9.69 Å². The van der Waals surface area contributed by atoms with E-state index in [9.17, 15) is 4.79 Å². The molecule has 0 spiro atoms. The lowest BCUT2D eigenvalue weighted by Crippen LogP contribution is -2.60. The average Bonchev–Trinajstić information content (AvgIpc) is 3.19. The van der Waals surface area contributed by atoms with E-state index in [2.05, 4.69) is 50.9 Å². The Balaban J connectivity index is 1.26. The highest BCUT2D eigenvalue weighted by Crippen LogP contribution is 2.45. The summed E-state index contributed by atoms with van der Waals surface area (Å²) in [7, 11) is 1.74. The smallest absolute Gasteiger partial charge is 0.227 e. The number of piperidine rings is 3. The largest absolute Gasteiger partial charge is 0.383 e. The van der Waals surface area contributed by atoms with Gasteiger partial charge < -0.3 is 14.2 Å². The molecule has 0 saturated carbocycles. The number of carbonyl (C=O) groups excluding carboxylic acids is 1. The minimum absolute atomic E-state index is 0.305. The fraction of sp³-hybridized carbons (Fsp3) is 0.607. The predicted molar refractivity (Wildman–Crippen MR) is 131 cm³/mol. The number of aromatic nitrogens is 1. The summed E-state index contributed by atoms with van der Waals surface area (Å²) < 4.78 is 7.55. The molecule has 2 aromatic rings. The third-order valence-electron chi connectivity index (χ3n) is 8.73. The predicted octanol–water partition coefficient (Wildman–Crippen LogP) is 4.25. The van der Waals surface area contributed by atoms with Gasteiger partial charge in [-0.25, -0.2) is 0 Å². The average molecular weight is 448 g/mol. The van der Waals surface area contributed by atoms with E-state index in [0.717, 1.165) is 31.1 Å². The highest BCUT2D eigenvalue weighted by atomic mass is 16.5. The van der Waals surface area contributed by atoms with Crippen molar-refractivity contribution in [2.24, 2.45) is 11.8 Å². The zero-order chi connectivity index (χ0) is 22.4. The number of hydrogen-bond acceptors (Lipinski definition) is 3. The number of likely N-dealkylation sites (tertiary alicyclic amines) is 1. The van der Waals surface area contributed by atoms with Gasteiger partial charge in [0, 0.05) is 49.9 Å². The van der Waals surface area contributed by atoms with Crippen LogP contribution in [0.4, 0.5) is 0 Å². The Morgan fingerprint density at radius 2 is 2.06 bits per heavy atom. The number of methoxy groups -OCH3 is 1. The first kappa shape index (κ1) is 21.4. The Bertz CT molecular complexity index is 1060. The van der Waals surface area contributed by atoms with Gasteiger partial charge in [0.05, 0.1) is 19.1 Å². The third-order valence-corrected chi connectivity index (χ3v) is 8.73. The summed E-state index contributed by atoms with van der Waals surface area (Å²) in [6.07, 6.45) is 12.9. The fourth-order valence-corrected chi connectivity index (χ4v) is 7.36. The summed E-state index contributed by atoms with van der Waals surface area (Å²) in [6, 6.07) is 9.55. The van der Waals surface area contributed by atoms with Crippen LogP contribution in [-0.4, -0.2) is 65.7 Å². The lowest BCUT2D eigenvalue weighted by molar-refractivity contribution is -0.135. The zero-order valence-corrected chi connectivity index (χ0v) is 19.9. The Morgan fingerprint density at radius 3 is 2.97 bits per heavy atom. The highest BCUT2D eigenvalue weighted by Gasteiger charge is 2.46. The van der Waals surface area contributed by atoms with Crippen LogP contribution in [0.15, 0.2) is 42.1 Å². The van der Waals surface area contributed by atoms with Crippen molar-refractivity contribution in [1.29, 1.82) is 0 Å². The number of hydrogen-bond donors (Lipinski definition) is 0. The second-order valence-electron chi connectivity index (χ2n) is 10.6. The standard InChI is InChI=1S/C28H37N3O2/c1-33-14-13-30-18-22(24-8-2-3-10-26(24)30)17-27(32)31-12-6-7-20-15-21-16-23(28(20)31)19-29-11-5-4-9-25(21)29/h2-3,8,10,15,18,21,23,25,28H,4-7,9,11-14,16-17,19H2,1H3. The topological polar surface area (TPSA) is 37.7 Å². The van der Waals surface area contributed by atoms with Gasteiger partial charge in [0.2, 0.25) is 5.91 Å². The van der Waals surface area contributed by atoms with E-state index in [4.69, 9.17) is 4.74 Å². The van der Waals surface area contributed by atoms with Crippen LogP contribution in [0.5, 0.6) is 0 Å². The van der Waals surface area contributed by atoms with Gasteiger partial charge in [0.25, 0.3) is 0 Å². The van der Waals surface area contributed by atoms with E-state index in [1.807, 2.05) is 0 Å². The molecule has 0 radical (unpaired) electrons. The van der Waals surface area contributed by atoms with E-state index in [1.54, 1.807) is 12.7 Å². The van der Waals surface area contributed by atoms with Gasteiger partial charge >= 0.3 is 0 Å². The van der Waals surface area contributed by atoms with Gasteiger partial charge in [0.1, 0.15) is 0 Å². The van der Waals surface area contributed by atoms with Gasteiger partial charge in [-0.05, 0) is 62.1 Å². The summed E-state index contributed by atoms with van der Waals surface area (Å²) in [6.45, 7) is 4.83. The zero-order valence-electron chi connectivity index (χ0n) is 19.9. The van der Waals surface area contributed by atoms with Crippen LogP contribution in [0, 0.1) is 11.8 Å². The van der Waals surface area contributed by atoms with E-state index in [1.165, 1.54) is 56.1 Å². The molecule has 4 aliphatic rings. The van der Waals surface area contributed by atoms with Gasteiger partial charge in [-0.2, -0.15) is 0 Å². The lowest BCUT2D eigenvalue weighted by Gasteiger charge is -2.54. The molecule has 3 saturated heterocycles. The van der Waals surface area contributed by atoms with Crippen molar-refractivity contribution >= 4 is 16.8 Å².